The van der Waals surface area contributed by atoms with Gasteiger partial charge >= 0.3 is 0 Å². The summed E-state index contributed by atoms with van der Waals surface area (Å²) in [6.07, 6.45) is 0. The minimum Gasteiger partial charge on any atom is -0.807 e. The number of thiazole rings is 1. The topological polar surface area (TPSA) is 76.1 Å². The highest BCUT2D eigenvalue weighted by Crippen LogP contribution is 2.27. The second-order valence-electron chi connectivity index (χ2n) is 2.88. The second kappa shape index (κ2) is 3.14. The fourth-order valence-corrected chi connectivity index (χ4v) is 2.70. The van der Waals surface area contributed by atoms with E-state index in [0.717, 1.165) is 15.2 Å². The Morgan fingerprint density at radius 2 is 2.14 bits per heavy atom. The van der Waals surface area contributed by atoms with Crippen molar-refractivity contribution in [2.75, 3.05) is 0 Å². The van der Waals surface area contributed by atoms with E-state index in [0.29, 0.717) is 0 Å². The van der Waals surface area contributed by atoms with Crippen LogP contribution in [0.25, 0.3) is 10.2 Å². The van der Waals surface area contributed by atoms with E-state index in [1.165, 1.54) is 23.5 Å². The average Bonchev–Trinajstić information content (AvgIpc) is 2.41. The third kappa shape index (κ3) is 1.72. The van der Waals surface area contributed by atoms with E-state index in [2.05, 4.69) is 4.98 Å². The number of hydrogen-bond acceptors (Lipinski definition) is 5. The zero-order valence-corrected chi connectivity index (χ0v) is 8.97. The van der Waals surface area contributed by atoms with Gasteiger partial charge in [-0.2, -0.15) is 0 Å². The number of rotatable bonds is 1. The Morgan fingerprint density at radius 3 is 2.79 bits per heavy atom. The maximum atomic E-state index is 10.7. The van der Waals surface area contributed by atoms with Crippen molar-refractivity contribution in [3.05, 3.63) is 23.2 Å². The molecule has 0 N–H and O–H groups in total. The van der Waals surface area contributed by atoms with Gasteiger partial charge in [-0.1, -0.05) is 6.07 Å². The van der Waals surface area contributed by atoms with Gasteiger partial charge in [-0.05, 0) is 32.0 Å². The Hall–Kier alpha value is -0.740. The number of nitrogens with zero attached hydrogens (tertiary/aromatic N) is 1. The predicted octanol–water partition coefficient (Wildman–Crippen LogP) is 0.144. The number of aromatic nitrogens is 1. The van der Waals surface area contributed by atoms with Crippen LogP contribution in [0.2, 0.25) is 0 Å². The average molecular weight is 227 g/mol. The van der Waals surface area contributed by atoms with Gasteiger partial charge in [0.2, 0.25) is 0 Å². The van der Waals surface area contributed by atoms with Gasteiger partial charge in [0.25, 0.3) is 0 Å². The van der Waals surface area contributed by atoms with Gasteiger partial charge in [-0.15, -0.1) is 11.3 Å². The second-order valence-corrected chi connectivity index (χ2v) is 5.63. The Bertz CT molecular complexity index is 530. The molecule has 0 fully saturated rings. The van der Waals surface area contributed by atoms with Gasteiger partial charge in [0.05, 0.1) is 15.2 Å². The van der Waals surface area contributed by atoms with Crippen LogP contribution < -0.4 is 15.1 Å². The van der Waals surface area contributed by atoms with Crippen LogP contribution in [-0.2, 0) is 4.57 Å². The van der Waals surface area contributed by atoms with E-state index in [1.54, 1.807) is 6.07 Å². The first-order chi connectivity index (χ1) is 6.47. The van der Waals surface area contributed by atoms with E-state index in [-0.39, 0.29) is 5.30 Å². The summed E-state index contributed by atoms with van der Waals surface area (Å²) in [5.74, 6) is 0. The normalized spacial score (nSPS) is 12.2. The van der Waals surface area contributed by atoms with Crippen molar-refractivity contribution in [1.82, 2.24) is 4.98 Å². The minimum atomic E-state index is -4.63. The Balaban J connectivity index is 2.67. The molecule has 4 nitrogen and oxygen atoms in total. The molecule has 0 amide bonds. The summed E-state index contributed by atoms with van der Waals surface area (Å²) in [4.78, 5) is 25.6. The summed E-state index contributed by atoms with van der Waals surface area (Å²) in [5, 5.41) is 0.678. The van der Waals surface area contributed by atoms with Gasteiger partial charge in [0.15, 0.2) is 0 Å². The predicted molar refractivity (Wildman–Crippen MR) is 51.6 cm³/mol. The standard InChI is InChI=1S/C8H8NO3PS/c1-5-9-7-3-2-6(13(10,11)12)4-8(7)14-5/h2-4H,1H3,(H2,10,11,12)/p-2. The maximum absolute atomic E-state index is 10.7. The highest BCUT2D eigenvalue weighted by Gasteiger charge is 2.03. The lowest BCUT2D eigenvalue weighted by molar-refractivity contribution is -0.307. The lowest BCUT2D eigenvalue weighted by Gasteiger charge is -2.29. The Morgan fingerprint density at radius 1 is 1.43 bits per heavy atom. The number of hydrogen-bond donors (Lipinski definition) is 0. The zero-order valence-electron chi connectivity index (χ0n) is 7.26. The molecule has 2 aromatic rings. The van der Waals surface area contributed by atoms with Crippen LogP contribution in [0.5, 0.6) is 0 Å². The number of aryl methyl sites for hydroxylation is 1. The third-order valence-corrected chi connectivity index (χ3v) is 3.64. The highest BCUT2D eigenvalue weighted by atomic mass is 32.1. The first-order valence-electron chi connectivity index (χ1n) is 3.86. The molecule has 0 unspecified atom stereocenters. The lowest BCUT2D eigenvalue weighted by atomic mass is 10.3. The van der Waals surface area contributed by atoms with Crippen LogP contribution in [0.3, 0.4) is 0 Å². The van der Waals surface area contributed by atoms with Crippen molar-refractivity contribution in [1.29, 1.82) is 0 Å². The SMILES string of the molecule is Cc1nc2ccc(P(=O)([O-])[O-])cc2s1. The van der Waals surface area contributed by atoms with Gasteiger partial charge in [0.1, 0.15) is 0 Å². The monoisotopic (exact) mass is 227 g/mol. The van der Waals surface area contributed by atoms with Crippen molar-refractivity contribution < 1.29 is 14.4 Å². The van der Waals surface area contributed by atoms with Gasteiger partial charge < -0.3 is 14.4 Å². The van der Waals surface area contributed by atoms with E-state index in [1.807, 2.05) is 6.92 Å². The summed E-state index contributed by atoms with van der Waals surface area (Å²) in [6, 6.07) is 4.22. The van der Waals surface area contributed by atoms with E-state index < -0.39 is 7.60 Å². The first-order valence-corrected chi connectivity index (χ1v) is 6.22. The van der Waals surface area contributed by atoms with Crippen LogP contribution in [0.4, 0.5) is 0 Å². The molecule has 0 saturated heterocycles. The molecule has 74 valence electrons. The van der Waals surface area contributed by atoms with Crippen molar-refractivity contribution in [3.8, 4) is 0 Å². The van der Waals surface area contributed by atoms with Crippen molar-refractivity contribution in [2.24, 2.45) is 0 Å². The molecule has 14 heavy (non-hydrogen) atoms. The summed E-state index contributed by atoms with van der Waals surface area (Å²) >= 11 is 1.37. The van der Waals surface area contributed by atoms with Crippen molar-refractivity contribution in [2.45, 2.75) is 6.92 Å². The molecule has 6 heteroatoms. The van der Waals surface area contributed by atoms with E-state index in [4.69, 9.17) is 0 Å². The summed E-state index contributed by atoms with van der Waals surface area (Å²) in [7, 11) is -4.63. The van der Waals surface area contributed by atoms with E-state index in [9.17, 15) is 14.4 Å². The highest BCUT2D eigenvalue weighted by molar-refractivity contribution is 7.57. The van der Waals surface area contributed by atoms with Gasteiger partial charge in [-0.3, -0.25) is 0 Å². The Kier molecular flexibility index (Phi) is 2.20. The molecule has 0 aliphatic rings. The van der Waals surface area contributed by atoms with Crippen LogP contribution in [0.1, 0.15) is 5.01 Å². The minimum absolute atomic E-state index is 0.173. The van der Waals surface area contributed by atoms with Crippen molar-refractivity contribution in [3.63, 3.8) is 0 Å². The smallest absolute Gasteiger partial charge is 0.0907 e. The van der Waals surface area contributed by atoms with Crippen molar-refractivity contribution >= 4 is 34.5 Å². The molecule has 0 spiro atoms. The quantitative estimate of drug-likeness (QED) is 0.649. The van der Waals surface area contributed by atoms with Crippen LogP contribution in [-0.4, -0.2) is 4.98 Å². The molecule has 0 saturated carbocycles. The summed E-state index contributed by atoms with van der Waals surface area (Å²) < 4.78 is 11.5. The molecule has 0 bridgehead atoms. The van der Waals surface area contributed by atoms with Crippen LogP contribution in [0.15, 0.2) is 18.2 Å². The number of benzene rings is 1. The number of fused-ring (bicyclic) bond motifs is 1. The van der Waals surface area contributed by atoms with Crippen LogP contribution in [0, 0.1) is 6.92 Å². The molecule has 2 rings (SSSR count). The molecule has 0 radical (unpaired) electrons. The lowest BCUT2D eigenvalue weighted by Crippen LogP contribution is -2.24. The molecule has 0 atom stereocenters. The fourth-order valence-electron chi connectivity index (χ4n) is 1.20. The molecule has 0 aliphatic carbocycles. The zero-order chi connectivity index (χ0) is 10.3. The molecule has 0 aliphatic heterocycles. The van der Waals surface area contributed by atoms with Gasteiger partial charge in [0, 0.05) is 0 Å². The molecular formula is C8H6NO3PS-2. The van der Waals surface area contributed by atoms with Crippen LogP contribution >= 0.6 is 18.9 Å². The summed E-state index contributed by atoms with van der Waals surface area (Å²) in [6.45, 7) is 1.83. The van der Waals surface area contributed by atoms with E-state index >= 15 is 0 Å². The maximum Gasteiger partial charge on any atom is 0.0907 e. The molecular weight excluding hydrogens is 221 g/mol. The largest absolute Gasteiger partial charge is 0.807 e. The van der Waals surface area contributed by atoms with Gasteiger partial charge in [-0.25, -0.2) is 4.98 Å². The first kappa shape index (κ1) is 9.80. The molecule has 1 heterocycles. The third-order valence-electron chi connectivity index (χ3n) is 1.80. The molecule has 1 aromatic heterocycles. The fraction of sp³-hybridized carbons (Fsp3) is 0.125. The summed E-state index contributed by atoms with van der Waals surface area (Å²) in [5.41, 5.74) is 0.727. The Labute approximate surface area is 84.4 Å². The molecule has 1 aromatic carbocycles.